The van der Waals surface area contributed by atoms with Gasteiger partial charge in [0, 0.05) is 29.1 Å². The van der Waals surface area contributed by atoms with Gasteiger partial charge in [-0.25, -0.2) is 0 Å². The standard InChI is InChI=1S/C14H16N2O/c1-2-9-11(15)8-17-13-6-5-12-10(14(9)13)4-3-7-16-12/h3-7,9,11H,2,8,15H2,1H3. The van der Waals surface area contributed by atoms with E-state index in [4.69, 9.17) is 10.5 Å². The second-order valence-corrected chi connectivity index (χ2v) is 4.54. The van der Waals surface area contributed by atoms with Crippen LogP contribution >= 0.6 is 0 Å². The molecular formula is C14H16N2O. The Hall–Kier alpha value is -1.61. The van der Waals surface area contributed by atoms with Crippen LogP contribution in [0.3, 0.4) is 0 Å². The summed E-state index contributed by atoms with van der Waals surface area (Å²) < 4.78 is 5.72. The summed E-state index contributed by atoms with van der Waals surface area (Å²) in [6, 6.07) is 8.18. The molecule has 2 heterocycles. The minimum atomic E-state index is 0.0818. The molecule has 0 amide bonds. The van der Waals surface area contributed by atoms with Gasteiger partial charge in [0.2, 0.25) is 0 Å². The molecule has 1 aliphatic rings. The van der Waals surface area contributed by atoms with Crippen LogP contribution in [-0.2, 0) is 0 Å². The highest BCUT2D eigenvalue weighted by Crippen LogP contribution is 2.39. The van der Waals surface area contributed by atoms with Crippen LogP contribution in [0, 0.1) is 0 Å². The van der Waals surface area contributed by atoms with Crippen LogP contribution < -0.4 is 10.5 Å². The molecule has 2 atom stereocenters. The van der Waals surface area contributed by atoms with Gasteiger partial charge >= 0.3 is 0 Å². The lowest BCUT2D eigenvalue weighted by Crippen LogP contribution is -2.38. The number of hydrogen-bond donors (Lipinski definition) is 1. The number of aromatic nitrogens is 1. The Balaban J connectivity index is 2.29. The van der Waals surface area contributed by atoms with Gasteiger partial charge in [0.25, 0.3) is 0 Å². The minimum absolute atomic E-state index is 0.0818. The average Bonchev–Trinajstić information content (AvgIpc) is 2.38. The molecule has 17 heavy (non-hydrogen) atoms. The zero-order valence-electron chi connectivity index (χ0n) is 9.89. The van der Waals surface area contributed by atoms with Crippen molar-refractivity contribution in [3.05, 3.63) is 36.0 Å². The summed E-state index contributed by atoms with van der Waals surface area (Å²) in [5.74, 6) is 1.34. The van der Waals surface area contributed by atoms with Crippen LogP contribution in [0.15, 0.2) is 30.5 Å². The van der Waals surface area contributed by atoms with Gasteiger partial charge in [-0.15, -0.1) is 0 Å². The Bertz CT molecular complexity index is 553. The number of fused-ring (bicyclic) bond motifs is 3. The molecule has 1 aromatic carbocycles. The first kappa shape index (κ1) is 10.5. The molecule has 0 fully saturated rings. The van der Waals surface area contributed by atoms with Crippen molar-refractivity contribution in [1.82, 2.24) is 4.98 Å². The lowest BCUT2D eigenvalue weighted by molar-refractivity contribution is 0.238. The van der Waals surface area contributed by atoms with Crippen molar-refractivity contribution in [1.29, 1.82) is 0 Å². The van der Waals surface area contributed by atoms with Gasteiger partial charge < -0.3 is 10.5 Å². The van der Waals surface area contributed by atoms with Crippen molar-refractivity contribution in [2.75, 3.05) is 6.61 Å². The van der Waals surface area contributed by atoms with Crippen molar-refractivity contribution in [3.8, 4) is 5.75 Å². The highest BCUT2D eigenvalue weighted by atomic mass is 16.5. The summed E-state index contributed by atoms with van der Waals surface area (Å²) in [6.07, 6.45) is 2.85. The SMILES string of the molecule is CCC1c2c(ccc3ncccc23)OCC1N. The molecule has 0 radical (unpaired) electrons. The highest BCUT2D eigenvalue weighted by molar-refractivity contribution is 5.85. The lowest BCUT2D eigenvalue weighted by Gasteiger charge is -2.31. The van der Waals surface area contributed by atoms with Gasteiger partial charge in [-0.2, -0.15) is 0 Å². The van der Waals surface area contributed by atoms with E-state index in [-0.39, 0.29) is 6.04 Å². The third-order valence-corrected chi connectivity index (χ3v) is 3.55. The van der Waals surface area contributed by atoms with E-state index in [1.165, 1.54) is 10.9 Å². The maximum atomic E-state index is 6.15. The Labute approximate surface area is 101 Å². The highest BCUT2D eigenvalue weighted by Gasteiger charge is 2.28. The fraction of sp³-hybridized carbons (Fsp3) is 0.357. The van der Waals surface area contributed by atoms with Gasteiger partial charge in [-0.1, -0.05) is 13.0 Å². The van der Waals surface area contributed by atoms with E-state index in [2.05, 4.69) is 18.0 Å². The van der Waals surface area contributed by atoms with Crippen LogP contribution in [0.4, 0.5) is 0 Å². The van der Waals surface area contributed by atoms with Crippen LogP contribution in [0.5, 0.6) is 5.75 Å². The summed E-state index contributed by atoms with van der Waals surface area (Å²) in [6.45, 7) is 2.78. The zero-order valence-corrected chi connectivity index (χ0v) is 9.89. The quantitative estimate of drug-likeness (QED) is 0.815. The largest absolute Gasteiger partial charge is 0.492 e. The molecule has 1 aliphatic heterocycles. The van der Waals surface area contributed by atoms with Crippen molar-refractivity contribution >= 4 is 10.9 Å². The summed E-state index contributed by atoms with van der Waals surface area (Å²) in [5.41, 5.74) is 8.40. The van der Waals surface area contributed by atoms with Crippen molar-refractivity contribution in [3.63, 3.8) is 0 Å². The predicted octanol–water partition coefficient (Wildman–Crippen LogP) is 2.45. The minimum Gasteiger partial charge on any atom is -0.492 e. The maximum absolute atomic E-state index is 6.15. The van der Waals surface area contributed by atoms with E-state index >= 15 is 0 Å². The number of ether oxygens (including phenoxy) is 1. The molecule has 88 valence electrons. The molecule has 2 aromatic rings. The van der Waals surface area contributed by atoms with Gasteiger partial charge in [-0.05, 0) is 24.6 Å². The van der Waals surface area contributed by atoms with Crippen LogP contribution in [0.1, 0.15) is 24.8 Å². The molecule has 2 N–H and O–H groups in total. The molecule has 0 aliphatic carbocycles. The second-order valence-electron chi connectivity index (χ2n) is 4.54. The Morgan fingerprint density at radius 2 is 2.29 bits per heavy atom. The van der Waals surface area contributed by atoms with E-state index in [0.29, 0.717) is 12.5 Å². The third-order valence-electron chi connectivity index (χ3n) is 3.55. The summed E-state index contributed by atoms with van der Waals surface area (Å²) in [4.78, 5) is 4.39. The average molecular weight is 228 g/mol. The van der Waals surface area contributed by atoms with E-state index in [0.717, 1.165) is 17.7 Å². The number of benzene rings is 1. The van der Waals surface area contributed by atoms with E-state index in [9.17, 15) is 0 Å². The molecule has 3 heteroatoms. The van der Waals surface area contributed by atoms with E-state index < -0.39 is 0 Å². The fourth-order valence-electron chi connectivity index (χ4n) is 2.69. The summed E-state index contributed by atoms with van der Waals surface area (Å²) in [7, 11) is 0. The first-order valence-corrected chi connectivity index (χ1v) is 6.07. The smallest absolute Gasteiger partial charge is 0.123 e. The molecule has 0 spiro atoms. The van der Waals surface area contributed by atoms with Crippen LogP contribution in [0.2, 0.25) is 0 Å². The number of nitrogens with zero attached hydrogens (tertiary/aromatic N) is 1. The summed E-state index contributed by atoms with van der Waals surface area (Å²) >= 11 is 0. The van der Waals surface area contributed by atoms with Crippen LogP contribution in [0.25, 0.3) is 10.9 Å². The van der Waals surface area contributed by atoms with Crippen molar-refractivity contribution in [2.24, 2.45) is 5.73 Å². The predicted molar refractivity (Wildman–Crippen MR) is 68.2 cm³/mol. The molecule has 3 rings (SSSR count). The summed E-state index contributed by atoms with van der Waals surface area (Å²) in [5, 5.41) is 1.17. The molecular weight excluding hydrogens is 212 g/mol. The molecule has 0 saturated heterocycles. The third kappa shape index (κ3) is 1.58. The lowest BCUT2D eigenvalue weighted by atomic mass is 9.85. The maximum Gasteiger partial charge on any atom is 0.123 e. The number of hydrogen-bond acceptors (Lipinski definition) is 3. The monoisotopic (exact) mass is 228 g/mol. The Morgan fingerprint density at radius 1 is 1.41 bits per heavy atom. The van der Waals surface area contributed by atoms with Crippen molar-refractivity contribution in [2.45, 2.75) is 25.3 Å². The fourth-order valence-corrected chi connectivity index (χ4v) is 2.69. The number of rotatable bonds is 1. The number of nitrogens with two attached hydrogens (primary N) is 1. The first-order valence-electron chi connectivity index (χ1n) is 6.07. The molecule has 2 unspecified atom stereocenters. The Kier molecular flexibility index (Phi) is 2.48. The zero-order chi connectivity index (χ0) is 11.8. The van der Waals surface area contributed by atoms with Crippen molar-refractivity contribution < 1.29 is 4.74 Å². The van der Waals surface area contributed by atoms with Gasteiger partial charge in [0.15, 0.2) is 0 Å². The van der Waals surface area contributed by atoms with Crippen LogP contribution in [-0.4, -0.2) is 17.6 Å². The molecule has 0 saturated carbocycles. The topological polar surface area (TPSA) is 48.1 Å². The normalized spacial score (nSPS) is 23.2. The van der Waals surface area contributed by atoms with E-state index in [1.54, 1.807) is 0 Å². The van der Waals surface area contributed by atoms with Gasteiger partial charge in [0.05, 0.1) is 5.52 Å². The van der Waals surface area contributed by atoms with Gasteiger partial charge in [-0.3, -0.25) is 4.98 Å². The first-order chi connectivity index (χ1) is 8.31. The molecule has 3 nitrogen and oxygen atoms in total. The molecule has 0 bridgehead atoms. The number of pyridine rings is 1. The second kappa shape index (κ2) is 4.00. The van der Waals surface area contributed by atoms with E-state index in [1.807, 2.05) is 24.4 Å². The van der Waals surface area contributed by atoms with Gasteiger partial charge in [0.1, 0.15) is 12.4 Å². The molecule has 1 aromatic heterocycles. The Morgan fingerprint density at radius 3 is 3.12 bits per heavy atom.